The lowest BCUT2D eigenvalue weighted by Crippen LogP contribution is -2.26. The van der Waals surface area contributed by atoms with Crippen LogP contribution in [0.5, 0.6) is 0 Å². The fraction of sp³-hybridized carbons (Fsp3) is 0.435. The van der Waals surface area contributed by atoms with E-state index in [1.807, 2.05) is 13.4 Å². The molecule has 0 bridgehead atoms. The Labute approximate surface area is 167 Å². The van der Waals surface area contributed by atoms with Crippen LogP contribution in [0, 0.1) is 0 Å². The highest BCUT2D eigenvalue weighted by Gasteiger charge is 2.18. The number of fused-ring (bicyclic) bond motifs is 1. The Morgan fingerprint density at radius 3 is 2.79 bits per heavy atom. The Hall–Kier alpha value is -2.21. The minimum absolute atomic E-state index is 0.487. The minimum Gasteiger partial charge on any atom is -0.381 e. The molecule has 1 fully saturated rings. The normalized spacial score (nSPS) is 15.5. The van der Waals surface area contributed by atoms with Crippen molar-refractivity contribution in [3.05, 3.63) is 54.4 Å². The van der Waals surface area contributed by atoms with Gasteiger partial charge in [0.25, 0.3) is 0 Å². The van der Waals surface area contributed by atoms with Gasteiger partial charge in [-0.05, 0) is 61.8 Å². The van der Waals surface area contributed by atoms with Gasteiger partial charge in [-0.3, -0.25) is 0 Å². The standard InChI is InChI=1S/C23H30N4O/c1-24-10-11-26(2)16-18-4-3-5-19(14-18)20-6-7-22-23(15-20)27(17-25-22)21-8-12-28-13-9-21/h3-7,14-15,17,21,24H,8-13,16H2,1-2H3. The smallest absolute Gasteiger partial charge is 0.0960 e. The number of nitrogens with zero attached hydrogens (tertiary/aromatic N) is 3. The third-order valence-electron chi connectivity index (χ3n) is 5.62. The second-order valence-electron chi connectivity index (χ2n) is 7.74. The first-order valence-corrected chi connectivity index (χ1v) is 10.2. The molecule has 3 aromatic rings. The molecule has 1 aromatic heterocycles. The van der Waals surface area contributed by atoms with Gasteiger partial charge in [-0.1, -0.05) is 24.3 Å². The van der Waals surface area contributed by atoms with E-state index in [9.17, 15) is 0 Å². The van der Waals surface area contributed by atoms with Crippen LogP contribution in [0.1, 0.15) is 24.4 Å². The summed E-state index contributed by atoms with van der Waals surface area (Å²) in [6, 6.07) is 16.0. The monoisotopic (exact) mass is 378 g/mol. The number of benzene rings is 2. The summed E-state index contributed by atoms with van der Waals surface area (Å²) in [5, 5.41) is 3.21. The van der Waals surface area contributed by atoms with Gasteiger partial charge in [-0.2, -0.15) is 0 Å². The van der Waals surface area contributed by atoms with Crippen molar-refractivity contribution in [1.29, 1.82) is 0 Å². The van der Waals surface area contributed by atoms with E-state index >= 15 is 0 Å². The molecule has 148 valence electrons. The highest BCUT2D eigenvalue weighted by atomic mass is 16.5. The summed E-state index contributed by atoms with van der Waals surface area (Å²) in [6.07, 6.45) is 4.12. The van der Waals surface area contributed by atoms with Crippen molar-refractivity contribution in [3.8, 4) is 11.1 Å². The third kappa shape index (κ3) is 4.27. The zero-order valence-corrected chi connectivity index (χ0v) is 16.9. The molecule has 0 unspecified atom stereocenters. The molecule has 2 heterocycles. The summed E-state index contributed by atoms with van der Waals surface area (Å²) in [5.74, 6) is 0. The molecule has 4 rings (SSSR count). The highest BCUT2D eigenvalue weighted by Crippen LogP contribution is 2.29. The van der Waals surface area contributed by atoms with Gasteiger partial charge in [-0.15, -0.1) is 0 Å². The molecule has 28 heavy (non-hydrogen) atoms. The Kier molecular flexibility index (Phi) is 6.05. The van der Waals surface area contributed by atoms with Gasteiger partial charge in [0, 0.05) is 38.9 Å². The molecule has 0 radical (unpaired) electrons. The quantitative estimate of drug-likeness (QED) is 0.681. The molecule has 1 aliphatic rings. The number of aromatic nitrogens is 2. The summed E-state index contributed by atoms with van der Waals surface area (Å²) < 4.78 is 7.87. The largest absolute Gasteiger partial charge is 0.381 e. The Bertz CT molecular complexity index is 914. The average molecular weight is 379 g/mol. The molecule has 1 N–H and O–H groups in total. The van der Waals surface area contributed by atoms with Gasteiger partial charge in [0.15, 0.2) is 0 Å². The van der Waals surface area contributed by atoms with Crippen LogP contribution in [0.2, 0.25) is 0 Å². The predicted octanol–water partition coefficient (Wildman–Crippen LogP) is 3.71. The summed E-state index contributed by atoms with van der Waals surface area (Å²) in [4.78, 5) is 6.97. The first-order valence-electron chi connectivity index (χ1n) is 10.2. The van der Waals surface area contributed by atoms with Crippen molar-refractivity contribution in [2.45, 2.75) is 25.4 Å². The molecule has 2 aromatic carbocycles. The molecular weight excluding hydrogens is 348 g/mol. The van der Waals surface area contributed by atoms with E-state index in [2.05, 4.69) is 69.3 Å². The maximum absolute atomic E-state index is 5.53. The van der Waals surface area contributed by atoms with Gasteiger partial charge < -0.3 is 19.5 Å². The predicted molar refractivity (Wildman–Crippen MR) is 115 cm³/mol. The van der Waals surface area contributed by atoms with Crippen molar-refractivity contribution in [1.82, 2.24) is 19.8 Å². The van der Waals surface area contributed by atoms with Gasteiger partial charge in [-0.25, -0.2) is 4.98 Å². The Morgan fingerprint density at radius 1 is 1.14 bits per heavy atom. The maximum Gasteiger partial charge on any atom is 0.0960 e. The van der Waals surface area contributed by atoms with Crippen molar-refractivity contribution in [2.24, 2.45) is 0 Å². The molecule has 0 amide bonds. The second-order valence-corrected chi connectivity index (χ2v) is 7.74. The fourth-order valence-corrected chi connectivity index (χ4v) is 4.00. The van der Waals surface area contributed by atoms with Crippen LogP contribution in [-0.4, -0.2) is 54.8 Å². The van der Waals surface area contributed by atoms with E-state index in [4.69, 9.17) is 4.74 Å². The van der Waals surface area contributed by atoms with Crippen molar-refractivity contribution < 1.29 is 4.74 Å². The Morgan fingerprint density at radius 2 is 1.96 bits per heavy atom. The summed E-state index contributed by atoms with van der Waals surface area (Å²) in [6.45, 7) is 4.68. The summed E-state index contributed by atoms with van der Waals surface area (Å²) in [7, 11) is 4.16. The van der Waals surface area contributed by atoms with Crippen LogP contribution in [0.15, 0.2) is 48.8 Å². The van der Waals surface area contributed by atoms with Crippen LogP contribution in [-0.2, 0) is 11.3 Å². The van der Waals surface area contributed by atoms with Crippen LogP contribution in [0.25, 0.3) is 22.2 Å². The van der Waals surface area contributed by atoms with E-state index in [0.29, 0.717) is 6.04 Å². The lowest BCUT2D eigenvalue weighted by Gasteiger charge is -2.24. The minimum atomic E-state index is 0.487. The van der Waals surface area contributed by atoms with Crippen molar-refractivity contribution >= 4 is 11.0 Å². The van der Waals surface area contributed by atoms with Crippen LogP contribution >= 0.6 is 0 Å². The van der Waals surface area contributed by atoms with E-state index in [1.165, 1.54) is 22.2 Å². The van der Waals surface area contributed by atoms with Gasteiger partial charge in [0.05, 0.1) is 17.4 Å². The van der Waals surface area contributed by atoms with Gasteiger partial charge in [0.2, 0.25) is 0 Å². The molecule has 0 aliphatic carbocycles. The maximum atomic E-state index is 5.53. The first-order chi connectivity index (χ1) is 13.7. The summed E-state index contributed by atoms with van der Waals surface area (Å²) in [5.41, 5.74) is 6.15. The van der Waals surface area contributed by atoms with Gasteiger partial charge in [0.1, 0.15) is 0 Å². The third-order valence-corrected chi connectivity index (χ3v) is 5.62. The fourth-order valence-electron chi connectivity index (χ4n) is 4.00. The molecule has 5 heteroatoms. The molecule has 0 atom stereocenters. The molecule has 0 spiro atoms. The van der Waals surface area contributed by atoms with E-state index < -0.39 is 0 Å². The molecule has 1 aliphatic heterocycles. The number of hydrogen-bond acceptors (Lipinski definition) is 4. The first kappa shape index (κ1) is 19.1. The van der Waals surface area contributed by atoms with Crippen molar-refractivity contribution in [2.75, 3.05) is 40.4 Å². The van der Waals surface area contributed by atoms with Gasteiger partial charge >= 0.3 is 0 Å². The number of imidazole rings is 1. The molecular formula is C23H30N4O. The molecule has 0 saturated carbocycles. The van der Waals surface area contributed by atoms with Crippen LogP contribution in [0.3, 0.4) is 0 Å². The Balaban J connectivity index is 1.59. The highest BCUT2D eigenvalue weighted by molar-refractivity contribution is 5.82. The van der Waals surface area contributed by atoms with Crippen LogP contribution in [0.4, 0.5) is 0 Å². The number of rotatable bonds is 7. The SMILES string of the molecule is CNCCN(C)Cc1cccc(-c2ccc3ncn(C4CCOCC4)c3c2)c1. The number of hydrogen-bond donors (Lipinski definition) is 1. The molecule has 5 nitrogen and oxygen atoms in total. The number of nitrogens with one attached hydrogen (secondary N) is 1. The lowest BCUT2D eigenvalue weighted by molar-refractivity contribution is 0.0706. The topological polar surface area (TPSA) is 42.3 Å². The number of likely N-dealkylation sites (N-methyl/N-ethyl adjacent to an activating group) is 2. The zero-order valence-electron chi connectivity index (χ0n) is 16.9. The van der Waals surface area contributed by atoms with Crippen molar-refractivity contribution in [3.63, 3.8) is 0 Å². The lowest BCUT2D eigenvalue weighted by atomic mass is 10.0. The average Bonchev–Trinajstić information content (AvgIpc) is 3.16. The van der Waals surface area contributed by atoms with E-state index in [-0.39, 0.29) is 0 Å². The summed E-state index contributed by atoms with van der Waals surface area (Å²) >= 11 is 0. The van der Waals surface area contributed by atoms with E-state index in [0.717, 1.165) is 51.2 Å². The van der Waals surface area contributed by atoms with E-state index in [1.54, 1.807) is 0 Å². The van der Waals surface area contributed by atoms with Crippen LogP contribution < -0.4 is 5.32 Å². The second kappa shape index (κ2) is 8.86. The zero-order chi connectivity index (χ0) is 19.3. The number of ether oxygens (including phenoxy) is 1. The molecule has 1 saturated heterocycles.